The van der Waals surface area contributed by atoms with Crippen LogP contribution in [0.3, 0.4) is 0 Å². The number of rotatable bonds is 7. The minimum absolute atomic E-state index is 0.0218. The lowest BCUT2D eigenvalue weighted by Crippen LogP contribution is -2.74. The third-order valence-corrected chi connectivity index (χ3v) is 10.6. The Balaban J connectivity index is 1.98. The Kier molecular flexibility index (Phi) is 10.7. The van der Waals surface area contributed by atoms with Gasteiger partial charge < -0.3 is 33.9 Å². The summed E-state index contributed by atoms with van der Waals surface area (Å²) in [6.07, 6.45) is -4.43. The van der Waals surface area contributed by atoms with Crippen molar-refractivity contribution < 1.29 is 57.9 Å². The van der Waals surface area contributed by atoms with Gasteiger partial charge in [-0.25, -0.2) is 4.79 Å². The van der Waals surface area contributed by atoms with E-state index in [0.717, 1.165) is 12.5 Å². The van der Waals surface area contributed by atoms with Crippen LogP contribution in [-0.4, -0.2) is 76.2 Å². The maximum absolute atomic E-state index is 13.2. The Morgan fingerprint density at radius 3 is 2.02 bits per heavy atom. The molecule has 4 rings (SSSR count). The van der Waals surface area contributed by atoms with Gasteiger partial charge in [-0.1, -0.05) is 57.7 Å². The van der Waals surface area contributed by atoms with Crippen LogP contribution in [0.1, 0.15) is 73.8 Å². The molecular weight excluding hydrogens is 636 g/mol. The summed E-state index contributed by atoms with van der Waals surface area (Å²) in [6, 6.07) is 9.07. The van der Waals surface area contributed by atoms with E-state index in [1.54, 1.807) is 39.0 Å². The largest absolute Gasteiger partial charge is 0.462 e. The fourth-order valence-corrected chi connectivity index (χ4v) is 8.24. The van der Waals surface area contributed by atoms with Crippen LogP contribution < -0.4 is 0 Å². The molecule has 1 unspecified atom stereocenters. The third-order valence-electron chi connectivity index (χ3n) is 10.6. The second-order valence-corrected chi connectivity index (χ2v) is 13.9. The minimum atomic E-state index is -2.24. The van der Waals surface area contributed by atoms with Gasteiger partial charge in [0.1, 0.15) is 41.9 Å². The molecule has 2 fully saturated rings. The molecular formula is C37H46O12. The first kappa shape index (κ1) is 37.5. The summed E-state index contributed by atoms with van der Waals surface area (Å²) in [7, 11) is 0. The van der Waals surface area contributed by atoms with Crippen molar-refractivity contribution in [3.05, 3.63) is 65.5 Å². The first-order chi connectivity index (χ1) is 22.8. The molecule has 3 aliphatic rings. The predicted octanol–water partition coefficient (Wildman–Crippen LogP) is 3.98. The summed E-state index contributed by atoms with van der Waals surface area (Å²) in [5.74, 6) is -5.60. The summed E-state index contributed by atoms with van der Waals surface area (Å²) < 4.78 is 29.3. The maximum atomic E-state index is 13.2. The molecule has 1 aromatic rings. The number of benzene rings is 1. The highest BCUT2D eigenvalue weighted by atomic mass is 16.6. The smallest absolute Gasteiger partial charge is 0.331 e. The molecule has 2 saturated carbocycles. The van der Waals surface area contributed by atoms with Crippen LogP contribution in [0.5, 0.6) is 0 Å². The highest BCUT2D eigenvalue weighted by Gasteiger charge is 2.72. The number of esters is 5. The van der Waals surface area contributed by atoms with E-state index in [0.29, 0.717) is 0 Å². The number of hydrogen-bond acceptors (Lipinski definition) is 12. The molecule has 49 heavy (non-hydrogen) atoms. The average Bonchev–Trinajstić information content (AvgIpc) is 3.00. The molecule has 0 amide bonds. The van der Waals surface area contributed by atoms with E-state index in [4.69, 9.17) is 23.7 Å². The lowest BCUT2D eigenvalue weighted by molar-refractivity contribution is -0.274. The molecule has 0 spiro atoms. The number of aliphatic hydroxyl groups is 2. The standard InChI is InChI=1S/C37H46O12/c1-19-27(49-30(42)16-15-25-13-11-10-12-14-25)18-29(46-22(4)39)36(9)31(19)32(47-23(5)40)26-17-28(45-21(3)38)20(2)37(44,35(26,7)8)33(43)34(36)48-24(6)41/h10-16,26-27,29,31-34,43-44H,1,17-18H2,2-9H3/t26-,27+,29+,31?,32+,33+,34-,36-,37+/m1/s1. The summed E-state index contributed by atoms with van der Waals surface area (Å²) in [4.78, 5) is 63.8. The van der Waals surface area contributed by atoms with Gasteiger partial charge in [0.15, 0.2) is 0 Å². The van der Waals surface area contributed by atoms with Gasteiger partial charge in [0.05, 0.1) is 5.41 Å². The molecule has 2 bridgehead atoms. The molecule has 0 aromatic heterocycles. The Bertz CT molecular complexity index is 1570. The fourth-order valence-electron chi connectivity index (χ4n) is 8.24. The van der Waals surface area contributed by atoms with E-state index in [-0.39, 0.29) is 29.7 Å². The van der Waals surface area contributed by atoms with Gasteiger partial charge in [-0.15, -0.1) is 0 Å². The number of carbonyl (C=O) groups excluding carboxylic acids is 5. The van der Waals surface area contributed by atoms with Gasteiger partial charge in [0.2, 0.25) is 0 Å². The van der Waals surface area contributed by atoms with Crippen LogP contribution in [0.2, 0.25) is 0 Å². The zero-order valence-corrected chi connectivity index (χ0v) is 29.2. The van der Waals surface area contributed by atoms with Crippen molar-refractivity contribution in [1.29, 1.82) is 0 Å². The van der Waals surface area contributed by atoms with E-state index in [1.165, 1.54) is 33.8 Å². The maximum Gasteiger partial charge on any atom is 0.331 e. The molecule has 3 aliphatic carbocycles. The molecule has 12 nitrogen and oxygen atoms in total. The van der Waals surface area contributed by atoms with Gasteiger partial charge in [-0.05, 0) is 29.7 Å². The number of carbonyl (C=O) groups is 5. The molecule has 1 aromatic carbocycles. The lowest BCUT2D eigenvalue weighted by Gasteiger charge is -2.64. The van der Waals surface area contributed by atoms with E-state index in [9.17, 15) is 34.2 Å². The SMILES string of the molecule is C=C1C2[C@@H](OC(C)=O)[C@H]3CC(OC(C)=O)=C(C)[C@](O)([C@@H](O)[C@@H](OC(C)=O)[C@]2(C)[C@@H](OC(C)=O)C[C@@H]1OC(=O)C=Cc1ccccc1)C3(C)C. The van der Waals surface area contributed by atoms with E-state index in [2.05, 4.69) is 6.58 Å². The molecule has 2 N–H and O–H groups in total. The van der Waals surface area contributed by atoms with Crippen molar-refractivity contribution in [3.63, 3.8) is 0 Å². The molecule has 0 saturated heterocycles. The molecule has 0 radical (unpaired) electrons. The summed E-state index contributed by atoms with van der Waals surface area (Å²) >= 11 is 0. The normalized spacial score (nSPS) is 33.8. The van der Waals surface area contributed by atoms with Crippen LogP contribution in [0.25, 0.3) is 6.08 Å². The van der Waals surface area contributed by atoms with Crippen LogP contribution in [0, 0.1) is 22.7 Å². The Hall–Kier alpha value is -4.29. The van der Waals surface area contributed by atoms with Crippen LogP contribution in [0.15, 0.2) is 59.9 Å². The van der Waals surface area contributed by atoms with E-state index < -0.39 is 88.6 Å². The second-order valence-electron chi connectivity index (χ2n) is 13.9. The summed E-state index contributed by atoms with van der Waals surface area (Å²) in [5.41, 5.74) is -4.10. The third kappa shape index (κ3) is 6.81. The van der Waals surface area contributed by atoms with Crippen molar-refractivity contribution in [2.75, 3.05) is 0 Å². The fraction of sp³-hybridized carbons (Fsp3) is 0.541. The van der Waals surface area contributed by atoms with E-state index in [1.807, 2.05) is 18.2 Å². The zero-order chi connectivity index (χ0) is 36.6. The highest BCUT2D eigenvalue weighted by Crippen LogP contribution is 2.63. The monoisotopic (exact) mass is 682 g/mol. The second kappa shape index (κ2) is 13.9. The first-order valence-electron chi connectivity index (χ1n) is 16.2. The van der Waals surface area contributed by atoms with Gasteiger partial charge in [0, 0.05) is 63.9 Å². The highest BCUT2D eigenvalue weighted by molar-refractivity contribution is 5.87. The Labute approximate surface area is 286 Å². The van der Waals surface area contributed by atoms with Crippen LogP contribution >= 0.6 is 0 Å². The zero-order valence-electron chi connectivity index (χ0n) is 29.2. The van der Waals surface area contributed by atoms with Crippen LogP contribution in [0.4, 0.5) is 0 Å². The van der Waals surface area contributed by atoms with Crippen molar-refractivity contribution in [3.8, 4) is 0 Å². The van der Waals surface area contributed by atoms with Crippen molar-refractivity contribution in [1.82, 2.24) is 0 Å². The van der Waals surface area contributed by atoms with Crippen LogP contribution in [-0.2, 0) is 47.7 Å². The van der Waals surface area contributed by atoms with Crippen molar-refractivity contribution in [2.24, 2.45) is 22.7 Å². The topological polar surface area (TPSA) is 172 Å². The molecule has 9 atom stereocenters. The number of ether oxygens (including phenoxy) is 5. The number of aliphatic hydroxyl groups excluding tert-OH is 1. The first-order valence-corrected chi connectivity index (χ1v) is 16.2. The summed E-state index contributed by atoms with van der Waals surface area (Å²) in [6.45, 7) is 15.5. The number of hydrogen-bond donors (Lipinski definition) is 2. The molecule has 0 heterocycles. The average molecular weight is 683 g/mol. The molecule has 266 valence electrons. The van der Waals surface area contributed by atoms with Gasteiger partial charge >= 0.3 is 29.8 Å². The van der Waals surface area contributed by atoms with Gasteiger partial charge in [-0.3, -0.25) is 19.2 Å². The quantitative estimate of drug-likeness (QED) is 0.184. The van der Waals surface area contributed by atoms with Crippen molar-refractivity contribution >= 4 is 35.9 Å². The van der Waals surface area contributed by atoms with E-state index >= 15 is 0 Å². The molecule has 12 heteroatoms. The number of fused-ring (bicyclic) bond motifs is 3. The molecule has 0 aliphatic heterocycles. The van der Waals surface area contributed by atoms with Gasteiger partial charge in [-0.2, -0.15) is 0 Å². The van der Waals surface area contributed by atoms with Gasteiger partial charge in [0.25, 0.3) is 0 Å². The number of allylic oxidation sites excluding steroid dienone is 1. The lowest BCUT2D eigenvalue weighted by atomic mass is 9.45. The summed E-state index contributed by atoms with van der Waals surface area (Å²) in [5, 5.41) is 25.1. The Morgan fingerprint density at radius 1 is 0.878 bits per heavy atom. The Morgan fingerprint density at radius 2 is 1.47 bits per heavy atom. The predicted molar refractivity (Wildman–Crippen MR) is 175 cm³/mol. The van der Waals surface area contributed by atoms with Crippen molar-refractivity contribution in [2.45, 2.75) is 104 Å². The minimum Gasteiger partial charge on any atom is -0.462 e.